The highest BCUT2D eigenvalue weighted by Gasteiger charge is 1.98. The smallest absolute Gasteiger partial charge is 0.0228 e. The number of unbranched alkanes of at least 4 members (excludes halogenated alkanes) is 2. The van der Waals surface area contributed by atoms with Crippen molar-refractivity contribution in [2.75, 3.05) is 13.1 Å². The van der Waals surface area contributed by atoms with Gasteiger partial charge in [0.15, 0.2) is 0 Å². The number of benzene rings is 1. The van der Waals surface area contributed by atoms with E-state index < -0.39 is 0 Å². The molecule has 0 radical (unpaired) electrons. The first kappa shape index (κ1) is 15.5. The predicted octanol–water partition coefficient (Wildman–Crippen LogP) is 3.61. The highest BCUT2D eigenvalue weighted by Crippen LogP contribution is 2.17. The van der Waals surface area contributed by atoms with Crippen LogP contribution in [0.15, 0.2) is 29.2 Å². The Hall–Kier alpha value is -0.510. The van der Waals surface area contributed by atoms with Gasteiger partial charge in [-0.3, -0.25) is 4.72 Å². The van der Waals surface area contributed by atoms with E-state index in [0.29, 0.717) is 0 Å². The van der Waals surface area contributed by atoms with Crippen LogP contribution in [0.4, 0.5) is 0 Å². The zero-order chi connectivity index (χ0) is 13.2. The van der Waals surface area contributed by atoms with Crippen molar-refractivity contribution in [1.82, 2.24) is 4.72 Å². The molecule has 18 heavy (non-hydrogen) atoms. The van der Waals surface area contributed by atoms with Crippen LogP contribution < -0.4 is 10.5 Å². The molecule has 0 saturated carbocycles. The van der Waals surface area contributed by atoms with Gasteiger partial charge in [0.25, 0.3) is 0 Å². The molecular formula is C15H26N2S. The number of nitrogens with two attached hydrogens (primary N) is 1. The van der Waals surface area contributed by atoms with Crippen molar-refractivity contribution >= 4 is 11.9 Å². The Morgan fingerprint density at radius 2 is 1.83 bits per heavy atom. The Labute approximate surface area is 116 Å². The molecule has 2 nitrogen and oxygen atoms in total. The molecule has 0 aromatic heterocycles. The van der Waals surface area contributed by atoms with Gasteiger partial charge < -0.3 is 5.73 Å². The standard InChI is InChI=1S/C15H26N2S/c1-13(2)12-14-6-8-15(9-7-14)18-17-11-5-3-4-10-16/h6-9,13,17H,3-5,10-12,16H2,1-2H3. The summed E-state index contributed by atoms with van der Waals surface area (Å²) < 4.78 is 3.40. The van der Waals surface area contributed by atoms with Crippen LogP contribution in [0.1, 0.15) is 38.7 Å². The van der Waals surface area contributed by atoms with Crippen molar-refractivity contribution in [3.05, 3.63) is 29.8 Å². The second-order valence-electron chi connectivity index (χ2n) is 5.09. The quantitative estimate of drug-likeness (QED) is 0.530. The second-order valence-corrected chi connectivity index (χ2v) is 6.05. The van der Waals surface area contributed by atoms with Gasteiger partial charge in [-0.25, -0.2) is 0 Å². The van der Waals surface area contributed by atoms with Gasteiger partial charge in [0.2, 0.25) is 0 Å². The molecule has 0 atom stereocenters. The Bertz CT molecular complexity index is 309. The largest absolute Gasteiger partial charge is 0.330 e. The first-order valence-electron chi connectivity index (χ1n) is 6.91. The van der Waals surface area contributed by atoms with Crippen molar-refractivity contribution in [2.45, 2.75) is 44.4 Å². The van der Waals surface area contributed by atoms with E-state index in [-0.39, 0.29) is 0 Å². The van der Waals surface area contributed by atoms with E-state index in [4.69, 9.17) is 5.73 Å². The summed E-state index contributed by atoms with van der Waals surface area (Å²) in [7, 11) is 0. The van der Waals surface area contributed by atoms with Crippen molar-refractivity contribution in [1.29, 1.82) is 0 Å². The maximum Gasteiger partial charge on any atom is 0.0228 e. The van der Waals surface area contributed by atoms with E-state index in [1.54, 1.807) is 11.9 Å². The summed E-state index contributed by atoms with van der Waals surface area (Å²) >= 11 is 1.72. The van der Waals surface area contributed by atoms with E-state index in [9.17, 15) is 0 Å². The molecule has 0 fully saturated rings. The first-order valence-corrected chi connectivity index (χ1v) is 7.72. The zero-order valence-corrected chi connectivity index (χ0v) is 12.4. The fourth-order valence-electron chi connectivity index (χ4n) is 1.82. The molecule has 1 rings (SSSR count). The number of hydrogen-bond donors (Lipinski definition) is 2. The van der Waals surface area contributed by atoms with Gasteiger partial charge in [-0.15, -0.1) is 0 Å². The maximum absolute atomic E-state index is 5.46. The average molecular weight is 266 g/mol. The molecule has 0 saturated heterocycles. The molecule has 0 aliphatic heterocycles. The zero-order valence-electron chi connectivity index (χ0n) is 11.6. The Morgan fingerprint density at radius 3 is 2.44 bits per heavy atom. The Morgan fingerprint density at radius 1 is 1.11 bits per heavy atom. The van der Waals surface area contributed by atoms with Crippen LogP contribution in [0, 0.1) is 5.92 Å². The van der Waals surface area contributed by atoms with E-state index in [1.807, 2.05) is 0 Å². The van der Waals surface area contributed by atoms with E-state index in [2.05, 4.69) is 42.8 Å². The van der Waals surface area contributed by atoms with E-state index >= 15 is 0 Å². The lowest BCUT2D eigenvalue weighted by atomic mass is 10.0. The second kappa shape index (κ2) is 9.42. The molecular weight excluding hydrogens is 240 g/mol. The molecule has 0 bridgehead atoms. The lowest BCUT2D eigenvalue weighted by Crippen LogP contribution is -2.06. The molecule has 3 N–H and O–H groups in total. The van der Waals surface area contributed by atoms with Crippen LogP contribution in [0.2, 0.25) is 0 Å². The minimum Gasteiger partial charge on any atom is -0.330 e. The van der Waals surface area contributed by atoms with Crippen LogP contribution in [-0.2, 0) is 6.42 Å². The molecule has 102 valence electrons. The van der Waals surface area contributed by atoms with Crippen LogP contribution in [0.25, 0.3) is 0 Å². The Kier molecular flexibility index (Phi) is 8.14. The molecule has 0 aliphatic carbocycles. The summed E-state index contributed by atoms with van der Waals surface area (Å²) in [5, 5.41) is 0. The number of rotatable bonds is 9. The molecule has 1 aromatic carbocycles. The van der Waals surface area contributed by atoms with Gasteiger partial charge in [0, 0.05) is 11.4 Å². The number of nitrogens with one attached hydrogen (secondary N) is 1. The lowest BCUT2D eigenvalue weighted by Gasteiger charge is -2.07. The van der Waals surface area contributed by atoms with Crippen molar-refractivity contribution in [2.24, 2.45) is 11.7 Å². The molecule has 1 aromatic rings. The molecule has 3 heteroatoms. The molecule has 0 heterocycles. The third-order valence-corrected chi connectivity index (χ3v) is 3.60. The van der Waals surface area contributed by atoms with E-state index in [1.165, 1.54) is 23.3 Å². The van der Waals surface area contributed by atoms with Gasteiger partial charge in [0.1, 0.15) is 0 Å². The van der Waals surface area contributed by atoms with Gasteiger partial charge in [-0.2, -0.15) is 0 Å². The van der Waals surface area contributed by atoms with Gasteiger partial charge in [-0.05, 0) is 61.4 Å². The van der Waals surface area contributed by atoms with Gasteiger partial charge >= 0.3 is 0 Å². The van der Waals surface area contributed by atoms with Crippen LogP contribution >= 0.6 is 11.9 Å². The maximum atomic E-state index is 5.46. The first-order chi connectivity index (χ1) is 8.72. The van der Waals surface area contributed by atoms with Crippen LogP contribution in [0.5, 0.6) is 0 Å². The van der Waals surface area contributed by atoms with Crippen molar-refractivity contribution in [3.63, 3.8) is 0 Å². The van der Waals surface area contributed by atoms with Crippen molar-refractivity contribution < 1.29 is 0 Å². The van der Waals surface area contributed by atoms with Gasteiger partial charge in [0.05, 0.1) is 0 Å². The SMILES string of the molecule is CC(C)Cc1ccc(SNCCCCCN)cc1. The third kappa shape index (κ3) is 7.04. The molecule has 0 spiro atoms. The minimum atomic E-state index is 0.726. The summed E-state index contributed by atoms with van der Waals surface area (Å²) in [6, 6.07) is 8.88. The number of hydrogen-bond acceptors (Lipinski definition) is 3. The van der Waals surface area contributed by atoms with Crippen molar-refractivity contribution in [3.8, 4) is 0 Å². The normalized spacial score (nSPS) is 11.1. The molecule has 0 aliphatic rings. The Balaban J connectivity index is 2.18. The fraction of sp³-hybridized carbons (Fsp3) is 0.600. The highest BCUT2D eigenvalue weighted by molar-refractivity contribution is 7.97. The topological polar surface area (TPSA) is 38.0 Å². The van der Waals surface area contributed by atoms with Crippen LogP contribution in [0.3, 0.4) is 0 Å². The third-order valence-electron chi connectivity index (χ3n) is 2.74. The van der Waals surface area contributed by atoms with Gasteiger partial charge in [-0.1, -0.05) is 32.4 Å². The summed E-state index contributed by atoms with van der Waals surface area (Å²) in [5.74, 6) is 0.726. The molecule has 0 amide bonds. The lowest BCUT2D eigenvalue weighted by molar-refractivity contribution is 0.647. The predicted molar refractivity (Wildman–Crippen MR) is 81.7 cm³/mol. The summed E-state index contributed by atoms with van der Waals surface area (Å²) in [6.07, 6.45) is 4.72. The summed E-state index contributed by atoms with van der Waals surface area (Å²) in [6.45, 7) is 6.37. The minimum absolute atomic E-state index is 0.726. The fourth-order valence-corrected chi connectivity index (χ4v) is 2.50. The van der Waals surface area contributed by atoms with Crippen LogP contribution in [-0.4, -0.2) is 13.1 Å². The summed E-state index contributed by atoms with van der Waals surface area (Å²) in [5.41, 5.74) is 6.89. The van der Waals surface area contributed by atoms with E-state index in [0.717, 1.165) is 31.8 Å². The summed E-state index contributed by atoms with van der Waals surface area (Å²) in [4.78, 5) is 1.29. The monoisotopic (exact) mass is 266 g/mol. The highest BCUT2D eigenvalue weighted by atomic mass is 32.2. The average Bonchev–Trinajstić information content (AvgIpc) is 2.35. The molecule has 0 unspecified atom stereocenters.